The summed E-state index contributed by atoms with van der Waals surface area (Å²) >= 11 is 0. The van der Waals surface area contributed by atoms with E-state index in [9.17, 15) is 8.42 Å². The Morgan fingerprint density at radius 1 is 1.33 bits per heavy atom. The summed E-state index contributed by atoms with van der Waals surface area (Å²) in [4.78, 5) is 0. The van der Waals surface area contributed by atoms with E-state index < -0.39 is 10.2 Å². The molecule has 0 bridgehead atoms. The molecule has 0 unspecified atom stereocenters. The lowest BCUT2D eigenvalue weighted by molar-refractivity contribution is 0.184. The minimum atomic E-state index is -3.64. The lowest BCUT2D eigenvalue weighted by atomic mass is 10.1. The van der Waals surface area contributed by atoms with Crippen LogP contribution in [0.1, 0.15) is 11.1 Å². The number of nitrogens with one attached hydrogen (secondary N) is 1. The Morgan fingerprint density at radius 2 is 1.93 bits per heavy atom. The highest BCUT2D eigenvalue weighted by molar-refractivity contribution is 7.87. The van der Waals surface area contributed by atoms with E-state index in [0.29, 0.717) is 6.61 Å². The Balaban J connectivity index is 2.75. The van der Waals surface area contributed by atoms with E-state index >= 15 is 0 Å². The van der Waals surface area contributed by atoms with Crippen molar-refractivity contribution in [3.63, 3.8) is 0 Å². The number of nitrogens with two attached hydrogens (primary N) is 1. The van der Waals surface area contributed by atoms with Crippen molar-refractivity contribution in [2.24, 2.45) is 5.14 Å². The SMILES string of the molecule is COCc1ccccc1CNS(N)(=O)=O. The van der Waals surface area contributed by atoms with Crippen molar-refractivity contribution in [1.82, 2.24) is 4.72 Å². The monoisotopic (exact) mass is 230 g/mol. The van der Waals surface area contributed by atoms with Crippen LogP contribution >= 0.6 is 0 Å². The molecule has 15 heavy (non-hydrogen) atoms. The van der Waals surface area contributed by atoms with Crippen LogP contribution in [0.3, 0.4) is 0 Å². The van der Waals surface area contributed by atoms with E-state index in [1.807, 2.05) is 24.3 Å². The third-order valence-corrected chi connectivity index (χ3v) is 2.43. The molecule has 1 aromatic carbocycles. The topological polar surface area (TPSA) is 81.4 Å². The van der Waals surface area contributed by atoms with Gasteiger partial charge in [0.15, 0.2) is 0 Å². The summed E-state index contributed by atoms with van der Waals surface area (Å²) < 4.78 is 28.6. The number of hydrogen-bond acceptors (Lipinski definition) is 3. The number of ether oxygens (including phenoxy) is 1. The van der Waals surface area contributed by atoms with Crippen molar-refractivity contribution < 1.29 is 13.2 Å². The molecule has 0 aliphatic rings. The van der Waals surface area contributed by atoms with Crippen molar-refractivity contribution in [1.29, 1.82) is 0 Å². The Morgan fingerprint density at radius 3 is 2.47 bits per heavy atom. The largest absolute Gasteiger partial charge is 0.380 e. The van der Waals surface area contributed by atoms with Crippen LogP contribution in [0.5, 0.6) is 0 Å². The molecule has 0 saturated heterocycles. The highest BCUT2D eigenvalue weighted by atomic mass is 32.2. The van der Waals surface area contributed by atoms with Gasteiger partial charge in [0.2, 0.25) is 0 Å². The summed E-state index contributed by atoms with van der Waals surface area (Å²) in [6, 6.07) is 7.41. The predicted molar refractivity (Wildman–Crippen MR) is 57.1 cm³/mol. The van der Waals surface area contributed by atoms with Gasteiger partial charge in [0, 0.05) is 13.7 Å². The van der Waals surface area contributed by atoms with Crippen LogP contribution < -0.4 is 9.86 Å². The molecular formula is C9H14N2O3S. The van der Waals surface area contributed by atoms with Gasteiger partial charge in [0.05, 0.1) is 6.61 Å². The molecule has 0 heterocycles. The number of rotatable bonds is 5. The van der Waals surface area contributed by atoms with Crippen molar-refractivity contribution in [3.05, 3.63) is 35.4 Å². The Hall–Kier alpha value is -0.950. The zero-order chi connectivity index (χ0) is 11.3. The summed E-state index contributed by atoms with van der Waals surface area (Å²) in [5.74, 6) is 0. The molecule has 84 valence electrons. The summed E-state index contributed by atoms with van der Waals surface area (Å²) in [7, 11) is -2.06. The Bertz CT molecular complexity index is 417. The molecule has 0 aromatic heterocycles. The van der Waals surface area contributed by atoms with Crippen LogP contribution in [-0.4, -0.2) is 15.5 Å². The number of methoxy groups -OCH3 is 1. The van der Waals surface area contributed by atoms with Crippen LogP contribution in [0.2, 0.25) is 0 Å². The fraction of sp³-hybridized carbons (Fsp3) is 0.333. The van der Waals surface area contributed by atoms with Gasteiger partial charge in [-0.25, -0.2) is 5.14 Å². The molecule has 0 aliphatic carbocycles. The molecule has 0 aliphatic heterocycles. The fourth-order valence-electron chi connectivity index (χ4n) is 1.20. The molecule has 1 aromatic rings. The third-order valence-electron chi connectivity index (χ3n) is 1.88. The summed E-state index contributed by atoms with van der Waals surface area (Å²) in [5.41, 5.74) is 1.80. The smallest absolute Gasteiger partial charge is 0.274 e. The Labute approximate surface area is 89.4 Å². The van der Waals surface area contributed by atoms with Crippen LogP contribution in [0, 0.1) is 0 Å². The molecule has 6 heteroatoms. The van der Waals surface area contributed by atoms with Crippen LogP contribution in [0.4, 0.5) is 0 Å². The fourth-order valence-corrected chi connectivity index (χ4v) is 1.56. The number of hydrogen-bond donors (Lipinski definition) is 2. The maximum Gasteiger partial charge on any atom is 0.274 e. The summed E-state index contributed by atoms with van der Waals surface area (Å²) in [6.07, 6.45) is 0. The maximum absolute atomic E-state index is 10.7. The zero-order valence-electron chi connectivity index (χ0n) is 8.43. The molecule has 0 amide bonds. The van der Waals surface area contributed by atoms with Crippen LogP contribution in [0.25, 0.3) is 0 Å². The lowest BCUT2D eigenvalue weighted by Gasteiger charge is -2.08. The zero-order valence-corrected chi connectivity index (χ0v) is 9.25. The van der Waals surface area contributed by atoms with Gasteiger partial charge in [0.1, 0.15) is 0 Å². The molecule has 0 fully saturated rings. The molecular weight excluding hydrogens is 216 g/mol. The minimum absolute atomic E-state index is 0.179. The van der Waals surface area contributed by atoms with Crippen LogP contribution in [0.15, 0.2) is 24.3 Å². The number of benzene rings is 1. The second kappa shape index (κ2) is 5.22. The van der Waals surface area contributed by atoms with Crippen LogP contribution in [-0.2, 0) is 28.1 Å². The first kappa shape index (κ1) is 12.1. The quantitative estimate of drug-likeness (QED) is 0.754. The van der Waals surface area contributed by atoms with Gasteiger partial charge >= 0.3 is 0 Å². The molecule has 0 saturated carbocycles. The van der Waals surface area contributed by atoms with E-state index in [1.54, 1.807) is 7.11 Å². The highest BCUT2D eigenvalue weighted by Gasteiger charge is 2.04. The van der Waals surface area contributed by atoms with Gasteiger partial charge in [-0.2, -0.15) is 13.1 Å². The lowest BCUT2D eigenvalue weighted by Crippen LogP contribution is -2.30. The highest BCUT2D eigenvalue weighted by Crippen LogP contribution is 2.09. The van der Waals surface area contributed by atoms with Gasteiger partial charge in [0.25, 0.3) is 10.2 Å². The van der Waals surface area contributed by atoms with Crippen molar-refractivity contribution >= 4 is 10.2 Å². The van der Waals surface area contributed by atoms with Crippen molar-refractivity contribution in [2.45, 2.75) is 13.2 Å². The molecule has 0 atom stereocenters. The normalized spacial score (nSPS) is 11.6. The van der Waals surface area contributed by atoms with E-state index in [0.717, 1.165) is 11.1 Å². The third kappa shape index (κ3) is 4.39. The van der Waals surface area contributed by atoms with Gasteiger partial charge in [-0.3, -0.25) is 0 Å². The average Bonchev–Trinajstić information content (AvgIpc) is 2.16. The molecule has 3 N–H and O–H groups in total. The molecule has 0 spiro atoms. The van der Waals surface area contributed by atoms with Gasteiger partial charge in [-0.05, 0) is 11.1 Å². The summed E-state index contributed by atoms with van der Waals surface area (Å²) in [6.45, 7) is 0.626. The Kier molecular flexibility index (Phi) is 4.22. The second-order valence-electron chi connectivity index (χ2n) is 3.07. The molecule has 1 rings (SSSR count). The predicted octanol–water partition coefficient (Wildman–Crippen LogP) is 0.126. The van der Waals surface area contributed by atoms with Gasteiger partial charge in [-0.1, -0.05) is 24.3 Å². The second-order valence-corrected chi connectivity index (χ2v) is 4.45. The van der Waals surface area contributed by atoms with E-state index in [2.05, 4.69) is 4.72 Å². The maximum atomic E-state index is 10.7. The first-order valence-corrected chi connectivity index (χ1v) is 5.90. The van der Waals surface area contributed by atoms with E-state index in [4.69, 9.17) is 9.88 Å². The van der Waals surface area contributed by atoms with E-state index in [-0.39, 0.29) is 6.54 Å². The standard InChI is InChI=1S/C9H14N2O3S/c1-14-7-9-5-3-2-4-8(9)6-11-15(10,12)13/h2-5,11H,6-7H2,1H3,(H2,10,12,13). The van der Waals surface area contributed by atoms with Crippen molar-refractivity contribution in [3.8, 4) is 0 Å². The van der Waals surface area contributed by atoms with Gasteiger partial charge in [-0.15, -0.1) is 0 Å². The molecule has 5 nitrogen and oxygen atoms in total. The van der Waals surface area contributed by atoms with E-state index in [1.165, 1.54) is 0 Å². The first-order valence-electron chi connectivity index (χ1n) is 4.36. The van der Waals surface area contributed by atoms with Gasteiger partial charge < -0.3 is 4.74 Å². The average molecular weight is 230 g/mol. The molecule has 0 radical (unpaired) electrons. The minimum Gasteiger partial charge on any atom is -0.380 e. The first-order chi connectivity index (χ1) is 7.03. The van der Waals surface area contributed by atoms with Crippen molar-refractivity contribution in [2.75, 3.05) is 7.11 Å². The summed E-state index contributed by atoms with van der Waals surface area (Å²) in [5, 5.41) is 4.84.